The minimum absolute atomic E-state index is 0.0528. The van der Waals surface area contributed by atoms with Gasteiger partial charge in [-0.05, 0) is 36.6 Å². The number of hydrogen-bond donors (Lipinski definition) is 1. The number of aryl methyl sites for hydroxylation is 1. The number of hydrogen-bond acceptors (Lipinski definition) is 3. The second-order valence-corrected chi connectivity index (χ2v) is 8.11. The van der Waals surface area contributed by atoms with Gasteiger partial charge in [-0.3, -0.25) is 0 Å². The lowest BCUT2D eigenvalue weighted by Crippen LogP contribution is -2.45. The second kappa shape index (κ2) is 6.06. The third kappa shape index (κ3) is 4.62. The highest BCUT2D eigenvalue weighted by Crippen LogP contribution is 2.23. The van der Waals surface area contributed by atoms with E-state index in [0.717, 1.165) is 12.1 Å². The zero-order valence-corrected chi connectivity index (χ0v) is 13.3. The van der Waals surface area contributed by atoms with Gasteiger partial charge >= 0.3 is 0 Å². The van der Waals surface area contributed by atoms with Gasteiger partial charge in [0.15, 0.2) is 9.84 Å². The molecule has 3 nitrogen and oxygen atoms in total. The molecule has 0 aliphatic carbocycles. The SMILES string of the molecule is CCNC(CS(=O)(=O)c1cccc(C)c1)C(C)(C)C. The van der Waals surface area contributed by atoms with E-state index in [-0.39, 0.29) is 17.2 Å². The third-order valence-electron chi connectivity index (χ3n) is 3.23. The fourth-order valence-corrected chi connectivity index (χ4v) is 3.89. The Morgan fingerprint density at radius 2 is 1.89 bits per heavy atom. The predicted octanol–water partition coefficient (Wildman–Crippen LogP) is 2.79. The number of rotatable bonds is 5. The van der Waals surface area contributed by atoms with E-state index in [2.05, 4.69) is 26.1 Å². The van der Waals surface area contributed by atoms with Crippen molar-refractivity contribution < 1.29 is 8.42 Å². The first kappa shape index (κ1) is 16.2. The average Bonchev–Trinajstić information content (AvgIpc) is 2.27. The van der Waals surface area contributed by atoms with Crippen molar-refractivity contribution in [1.29, 1.82) is 0 Å². The van der Waals surface area contributed by atoms with Crippen molar-refractivity contribution in [3.05, 3.63) is 29.8 Å². The molecule has 0 aliphatic heterocycles. The molecule has 0 aliphatic rings. The molecule has 1 atom stereocenters. The molecular weight excluding hydrogens is 258 g/mol. The molecule has 108 valence electrons. The Kier molecular flexibility index (Phi) is 5.16. The summed E-state index contributed by atoms with van der Waals surface area (Å²) in [5, 5.41) is 3.28. The monoisotopic (exact) mass is 283 g/mol. The van der Waals surface area contributed by atoms with Gasteiger partial charge in [-0.2, -0.15) is 0 Å². The standard InChI is InChI=1S/C15H25NO2S/c1-6-16-14(15(3,4)5)11-19(17,18)13-9-7-8-12(2)10-13/h7-10,14,16H,6,11H2,1-5H3. The molecule has 1 unspecified atom stereocenters. The fourth-order valence-electron chi connectivity index (χ4n) is 1.99. The summed E-state index contributed by atoms with van der Waals surface area (Å²) >= 11 is 0. The second-order valence-electron chi connectivity index (χ2n) is 6.07. The van der Waals surface area contributed by atoms with Gasteiger partial charge in [-0.25, -0.2) is 8.42 Å². The van der Waals surface area contributed by atoms with Gasteiger partial charge in [0.05, 0.1) is 10.6 Å². The summed E-state index contributed by atoms with van der Waals surface area (Å²) in [4.78, 5) is 0.416. The Bertz CT molecular complexity index is 515. The lowest BCUT2D eigenvalue weighted by atomic mass is 9.88. The van der Waals surface area contributed by atoms with Crippen LogP contribution in [0.3, 0.4) is 0 Å². The van der Waals surface area contributed by atoms with E-state index in [0.29, 0.717) is 4.90 Å². The highest BCUT2D eigenvalue weighted by Gasteiger charge is 2.29. The largest absolute Gasteiger partial charge is 0.313 e. The van der Waals surface area contributed by atoms with Crippen LogP contribution in [0.4, 0.5) is 0 Å². The highest BCUT2D eigenvalue weighted by atomic mass is 32.2. The molecule has 1 N–H and O–H groups in total. The molecule has 0 amide bonds. The van der Waals surface area contributed by atoms with E-state index >= 15 is 0 Å². The van der Waals surface area contributed by atoms with Gasteiger partial charge in [0, 0.05) is 6.04 Å². The third-order valence-corrected chi connectivity index (χ3v) is 4.97. The lowest BCUT2D eigenvalue weighted by Gasteiger charge is -2.31. The molecule has 0 saturated heterocycles. The number of benzene rings is 1. The maximum Gasteiger partial charge on any atom is 0.179 e. The van der Waals surface area contributed by atoms with Crippen LogP contribution in [0.1, 0.15) is 33.3 Å². The summed E-state index contributed by atoms with van der Waals surface area (Å²) in [7, 11) is -3.25. The molecule has 0 radical (unpaired) electrons. The van der Waals surface area contributed by atoms with Crippen LogP contribution >= 0.6 is 0 Å². The van der Waals surface area contributed by atoms with Crippen molar-refractivity contribution in [2.45, 2.75) is 45.6 Å². The molecule has 4 heteroatoms. The Morgan fingerprint density at radius 1 is 1.26 bits per heavy atom. The van der Waals surface area contributed by atoms with Crippen LogP contribution in [0.5, 0.6) is 0 Å². The van der Waals surface area contributed by atoms with Gasteiger partial charge in [-0.15, -0.1) is 0 Å². The van der Waals surface area contributed by atoms with Gasteiger partial charge in [-0.1, -0.05) is 39.8 Å². The quantitative estimate of drug-likeness (QED) is 0.904. The maximum atomic E-state index is 12.5. The minimum atomic E-state index is -3.25. The van der Waals surface area contributed by atoms with Crippen molar-refractivity contribution in [2.24, 2.45) is 5.41 Å². The van der Waals surface area contributed by atoms with E-state index in [9.17, 15) is 8.42 Å². The van der Waals surface area contributed by atoms with Crippen LogP contribution in [0.2, 0.25) is 0 Å². The number of nitrogens with one attached hydrogen (secondary N) is 1. The Hall–Kier alpha value is -0.870. The van der Waals surface area contributed by atoms with Crippen LogP contribution < -0.4 is 5.32 Å². The molecule has 19 heavy (non-hydrogen) atoms. The van der Waals surface area contributed by atoms with Crippen molar-refractivity contribution in [2.75, 3.05) is 12.3 Å². The number of sulfone groups is 1. The van der Waals surface area contributed by atoms with E-state index < -0.39 is 9.84 Å². The van der Waals surface area contributed by atoms with Gasteiger partial charge in [0.25, 0.3) is 0 Å². The van der Waals surface area contributed by atoms with Crippen molar-refractivity contribution >= 4 is 9.84 Å². The molecule has 1 aromatic rings. The summed E-state index contributed by atoms with van der Waals surface area (Å²) in [6.07, 6.45) is 0. The molecular formula is C15H25NO2S. The molecule has 0 bridgehead atoms. The van der Waals surface area contributed by atoms with Crippen molar-refractivity contribution in [3.63, 3.8) is 0 Å². The first-order valence-electron chi connectivity index (χ1n) is 6.69. The zero-order chi connectivity index (χ0) is 14.7. The summed E-state index contributed by atoms with van der Waals surface area (Å²) in [5.74, 6) is 0.133. The fraction of sp³-hybridized carbons (Fsp3) is 0.600. The summed E-state index contributed by atoms with van der Waals surface area (Å²) in [6, 6.07) is 7.06. The van der Waals surface area contributed by atoms with Crippen LogP contribution in [-0.4, -0.2) is 26.8 Å². The normalized spacial score (nSPS) is 14.4. The molecule has 0 heterocycles. The Labute approximate surface area is 117 Å². The predicted molar refractivity (Wildman–Crippen MR) is 80.2 cm³/mol. The summed E-state index contributed by atoms with van der Waals surface area (Å²) < 4.78 is 25.0. The van der Waals surface area contributed by atoms with Gasteiger partial charge < -0.3 is 5.32 Å². The first-order valence-corrected chi connectivity index (χ1v) is 8.35. The minimum Gasteiger partial charge on any atom is -0.313 e. The summed E-state index contributed by atoms with van der Waals surface area (Å²) in [5.41, 5.74) is 0.879. The topological polar surface area (TPSA) is 46.2 Å². The molecule has 1 rings (SSSR count). The van der Waals surface area contributed by atoms with Gasteiger partial charge in [0.1, 0.15) is 0 Å². The van der Waals surface area contributed by atoms with Crippen molar-refractivity contribution in [3.8, 4) is 0 Å². The molecule has 0 spiro atoms. The van der Waals surface area contributed by atoms with E-state index in [1.165, 1.54) is 0 Å². The van der Waals surface area contributed by atoms with Crippen LogP contribution in [0.15, 0.2) is 29.2 Å². The smallest absolute Gasteiger partial charge is 0.179 e. The van der Waals surface area contributed by atoms with E-state index in [1.807, 2.05) is 19.9 Å². The highest BCUT2D eigenvalue weighted by molar-refractivity contribution is 7.91. The average molecular weight is 283 g/mol. The van der Waals surface area contributed by atoms with Crippen LogP contribution in [0, 0.1) is 12.3 Å². The van der Waals surface area contributed by atoms with Crippen LogP contribution in [-0.2, 0) is 9.84 Å². The summed E-state index contributed by atoms with van der Waals surface area (Å²) in [6.45, 7) is 10.9. The molecule has 0 saturated carbocycles. The van der Waals surface area contributed by atoms with E-state index in [4.69, 9.17) is 0 Å². The first-order chi connectivity index (χ1) is 8.66. The molecule has 0 fully saturated rings. The Balaban J connectivity index is 3.01. The molecule has 1 aromatic carbocycles. The molecule has 0 aromatic heterocycles. The maximum absolute atomic E-state index is 12.5. The van der Waals surface area contributed by atoms with Crippen LogP contribution in [0.25, 0.3) is 0 Å². The Morgan fingerprint density at radius 3 is 2.37 bits per heavy atom. The zero-order valence-electron chi connectivity index (χ0n) is 12.5. The van der Waals surface area contributed by atoms with Gasteiger partial charge in [0.2, 0.25) is 0 Å². The lowest BCUT2D eigenvalue weighted by molar-refractivity contribution is 0.292. The van der Waals surface area contributed by atoms with E-state index in [1.54, 1.807) is 18.2 Å². The van der Waals surface area contributed by atoms with Crippen molar-refractivity contribution in [1.82, 2.24) is 5.32 Å².